The van der Waals surface area contributed by atoms with Crippen LogP contribution in [0.15, 0.2) is 71.7 Å². The lowest BCUT2D eigenvalue weighted by atomic mass is 9.96. The molecule has 0 amide bonds. The van der Waals surface area contributed by atoms with Gasteiger partial charge in [-0.3, -0.25) is 4.79 Å². The average Bonchev–Trinajstić information content (AvgIpc) is 2.81. The Hall–Kier alpha value is -3.57. The van der Waals surface area contributed by atoms with Crippen LogP contribution in [0, 0.1) is 6.92 Å². The number of benzene rings is 3. The molecule has 0 aliphatic carbocycles. The summed E-state index contributed by atoms with van der Waals surface area (Å²) in [4.78, 5) is 13.4. The number of aromatic nitrogens is 1. The zero-order valence-electron chi connectivity index (χ0n) is 17.9. The zero-order chi connectivity index (χ0) is 22.0. The molecule has 158 valence electrons. The van der Waals surface area contributed by atoms with Crippen LogP contribution in [0.3, 0.4) is 0 Å². The van der Waals surface area contributed by atoms with Crippen molar-refractivity contribution in [1.29, 1.82) is 0 Å². The minimum atomic E-state index is -0.115. The largest absolute Gasteiger partial charge is 0.497 e. The number of hydrogen-bond acceptors (Lipinski definition) is 4. The third-order valence-electron chi connectivity index (χ3n) is 5.60. The van der Waals surface area contributed by atoms with Crippen LogP contribution in [0.25, 0.3) is 21.9 Å². The molecule has 0 atom stereocenters. The van der Waals surface area contributed by atoms with Gasteiger partial charge in [-0.1, -0.05) is 36.4 Å². The van der Waals surface area contributed by atoms with Gasteiger partial charge in [0.15, 0.2) is 0 Å². The highest BCUT2D eigenvalue weighted by molar-refractivity contribution is 5.96. The van der Waals surface area contributed by atoms with Crippen LogP contribution < -0.4 is 15.0 Å². The summed E-state index contributed by atoms with van der Waals surface area (Å²) in [5.74, 6) is 1.35. The summed E-state index contributed by atoms with van der Waals surface area (Å²) in [7, 11) is 3.21. The van der Waals surface area contributed by atoms with Crippen LogP contribution in [-0.2, 0) is 13.2 Å². The van der Waals surface area contributed by atoms with Crippen LogP contribution in [-0.4, -0.2) is 23.9 Å². The Labute approximate surface area is 181 Å². The Morgan fingerprint density at radius 1 is 0.903 bits per heavy atom. The Morgan fingerprint density at radius 3 is 2.42 bits per heavy atom. The van der Waals surface area contributed by atoms with E-state index in [0.29, 0.717) is 29.0 Å². The van der Waals surface area contributed by atoms with Crippen molar-refractivity contribution in [3.05, 3.63) is 93.9 Å². The van der Waals surface area contributed by atoms with E-state index in [-0.39, 0.29) is 12.2 Å². The molecule has 4 rings (SSSR count). The molecular weight excluding hydrogens is 390 g/mol. The minimum Gasteiger partial charge on any atom is -0.497 e. The highest BCUT2D eigenvalue weighted by atomic mass is 16.5. The van der Waals surface area contributed by atoms with Gasteiger partial charge in [0.25, 0.3) is 5.56 Å². The summed E-state index contributed by atoms with van der Waals surface area (Å²) in [6.45, 7) is 2.30. The SMILES string of the molecule is COc1ccc(Cn2cc(-c3ccccc3C)c3ccc(CO)cc3c2=O)c(OC)c1. The van der Waals surface area contributed by atoms with Gasteiger partial charge in [-0.15, -0.1) is 0 Å². The molecule has 0 saturated heterocycles. The second kappa shape index (κ2) is 8.66. The topological polar surface area (TPSA) is 60.7 Å². The van der Waals surface area contributed by atoms with E-state index >= 15 is 0 Å². The molecule has 3 aromatic carbocycles. The van der Waals surface area contributed by atoms with Gasteiger partial charge in [-0.25, -0.2) is 0 Å². The highest BCUT2D eigenvalue weighted by Gasteiger charge is 2.14. The number of methoxy groups -OCH3 is 2. The third-order valence-corrected chi connectivity index (χ3v) is 5.60. The number of nitrogens with zero attached hydrogens (tertiary/aromatic N) is 1. The molecule has 1 heterocycles. The molecule has 0 fully saturated rings. The van der Waals surface area contributed by atoms with E-state index in [1.54, 1.807) is 24.9 Å². The van der Waals surface area contributed by atoms with Crippen LogP contribution in [0.2, 0.25) is 0 Å². The van der Waals surface area contributed by atoms with Crippen molar-refractivity contribution in [2.75, 3.05) is 14.2 Å². The van der Waals surface area contributed by atoms with Crippen LogP contribution >= 0.6 is 0 Å². The highest BCUT2D eigenvalue weighted by Crippen LogP contribution is 2.31. The predicted octanol–water partition coefficient (Wildman–Crippen LogP) is 4.53. The molecule has 1 N–H and O–H groups in total. The summed E-state index contributed by atoms with van der Waals surface area (Å²) in [5.41, 5.74) is 4.64. The molecule has 1 aromatic heterocycles. The molecule has 0 bridgehead atoms. The number of pyridine rings is 1. The van der Waals surface area contributed by atoms with Crippen molar-refractivity contribution in [2.24, 2.45) is 0 Å². The van der Waals surface area contributed by atoms with E-state index in [1.165, 1.54) is 0 Å². The van der Waals surface area contributed by atoms with Crippen molar-refractivity contribution in [3.63, 3.8) is 0 Å². The lowest BCUT2D eigenvalue weighted by molar-refractivity contribution is 0.282. The van der Waals surface area contributed by atoms with Gasteiger partial charge < -0.3 is 19.1 Å². The molecule has 5 heteroatoms. The molecule has 5 nitrogen and oxygen atoms in total. The monoisotopic (exact) mass is 415 g/mol. The van der Waals surface area contributed by atoms with E-state index in [9.17, 15) is 9.90 Å². The second-order valence-corrected chi connectivity index (χ2v) is 7.51. The molecule has 0 unspecified atom stereocenters. The Morgan fingerprint density at radius 2 is 1.71 bits per heavy atom. The van der Waals surface area contributed by atoms with Crippen LogP contribution in [0.4, 0.5) is 0 Å². The van der Waals surface area contributed by atoms with Crippen molar-refractivity contribution in [2.45, 2.75) is 20.1 Å². The maximum atomic E-state index is 13.4. The summed E-state index contributed by atoms with van der Waals surface area (Å²) < 4.78 is 12.5. The Balaban J connectivity index is 1.95. The second-order valence-electron chi connectivity index (χ2n) is 7.51. The Kier molecular flexibility index (Phi) is 5.78. The number of aliphatic hydroxyl groups is 1. The number of aryl methyl sites for hydroxylation is 1. The fourth-order valence-electron chi connectivity index (χ4n) is 3.91. The first kappa shape index (κ1) is 20.7. The van der Waals surface area contributed by atoms with Crippen LogP contribution in [0.5, 0.6) is 11.5 Å². The molecule has 0 radical (unpaired) electrons. The van der Waals surface area contributed by atoms with Gasteiger partial charge in [0.2, 0.25) is 0 Å². The lowest BCUT2D eigenvalue weighted by Crippen LogP contribution is -2.21. The first-order valence-electron chi connectivity index (χ1n) is 10.1. The zero-order valence-corrected chi connectivity index (χ0v) is 17.9. The smallest absolute Gasteiger partial charge is 0.258 e. The average molecular weight is 415 g/mol. The van der Waals surface area contributed by atoms with Crippen molar-refractivity contribution in [1.82, 2.24) is 4.57 Å². The molecular formula is C26H25NO4. The number of fused-ring (bicyclic) bond motifs is 1. The van der Waals surface area contributed by atoms with Gasteiger partial charge in [-0.05, 0) is 47.2 Å². The lowest BCUT2D eigenvalue weighted by Gasteiger charge is -2.16. The summed E-state index contributed by atoms with van der Waals surface area (Å²) in [5, 5.41) is 11.1. The van der Waals surface area contributed by atoms with E-state index in [1.807, 2.05) is 48.7 Å². The summed E-state index contributed by atoms with van der Waals surface area (Å²) in [6, 6.07) is 19.3. The van der Waals surface area contributed by atoms with Crippen molar-refractivity contribution >= 4 is 10.8 Å². The van der Waals surface area contributed by atoms with Gasteiger partial charge in [0.05, 0.1) is 27.4 Å². The number of rotatable bonds is 6. The summed E-state index contributed by atoms with van der Waals surface area (Å²) in [6.07, 6.45) is 1.91. The van der Waals surface area contributed by atoms with Gasteiger partial charge in [-0.2, -0.15) is 0 Å². The van der Waals surface area contributed by atoms with Gasteiger partial charge in [0, 0.05) is 28.8 Å². The molecule has 0 aliphatic heterocycles. The molecule has 0 saturated carbocycles. The van der Waals surface area contributed by atoms with E-state index in [2.05, 4.69) is 19.1 Å². The number of hydrogen-bond donors (Lipinski definition) is 1. The first-order chi connectivity index (χ1) is 15.0. The molecule has 0 aliphatic rings. The maximum Gasteiger partial charge on any atom is 0.258 e. The van der Waals surface area contributed by atoms with E-state index < -0.39 is 0 Å². The van der Waals surface area contributed by atoms with Crippen molar-refractivity contribution < 1.29 is 14.6 Å². The molecule has 31 heavy (non-hydrogen) atoms. The van der Waals surface area contributed by atoms with Gasteiger partial charge in [0.1, 0.15) is 11.5 Å². The standard InChI is InChI=1S/C26H25NO4/c1-17-6-4-5-7-21(17)24-15-27(14-19-9-10-20(30-2)13-25(19)31-3)26(29)23-12-18(16-28)8-11-22(23)24/h4-13,15,28H,14,16H2,1-3H3. The number of aliphatic hydroxyl groups excluding tert-OH is 1. The van der Waals surface area contributed by atoms with E-state index in [0.717, 1.165) is 27.6 Å². The van der Waals surface area contributed by atoms with E-state index in [4.69, 9.17) is 9.47 Å². The van der Waals surface area contributed by atoms with Crippen LogP contribution in [0.1, 0.15) is 16.7 Å². The first-order valence-corrected chi connectivity index (χ1v) is 10.1. The minimum absolute atomic E-state index is 0.111. The Bertz CT molecular complexity index is 1310. The molecule has 4 aromatic rings. The maximum absolute atomic E-state index is 13.4. The van der Waals surface area contributed by atoms with Crippen molar-refractivity contribution in [3.8, 4) is 22.6 Å². The normalized spacial score (nSPS) is 11.0. The fraction of sp³-hybridized carbons (Fsp3) is 0.192. The predicted molar refractivity (Wildman–Crippen MR) is 123 cm³/mol. The number of ether oxygens (including phenoxy) is 2. The molecule has 0 spiro atoms. The quantitative estimate of drug-likeness (QED) is 0.502. The summed E-state index contributed by atoms with van der Waals surface area (Å²) >= 11 is 0. The third kappa shape index (κ3) is 3.92. The fourth-order valence-corrected chi connectivity index (χ4v) is 3.91. The van der Waals surface area contributed by atoms with Gasteiger partial charge >= 0.3 is 0 Å².